The number of likely N-dealkylation sites (N-methyl/N-ethyl adjacent to an activating group) is 1. The van der Waals surface area contributed by atoms with E-state index in [4.69, 9.17) is 9.47 Å². The Morgan fingerprint density at radius 2 is 1.86 bits per heavy atom. The van der Waals surface area contributed by atoms with Gasteiger partial charge in [-0.2, -0.15) is 0 Å². The van der Waals surface area contributed by atoms with Gasteiger partial charge in [-0.25, -0.2) is 4.99 Å². The van der Waals surface area contributed by atoms with Crippen LogP contribution in [0.5, 0.6) is 5.75 Å². The van der Waals surface area contributed by atoms with Crippen LogP contribution in [0.25, 0.3) is 0 Å². The van der Waals surface area contributed by atoms with Crippen molar-refractivity contribution in [2.75, 3.05) is 32.8 Å². The molecule has 0 saturated heterocycles. The number of benzene rings is 1. The molecule has 1 rings (SSSR count). The maximum Gasteiger partial charge on any atom is 0.257 e. The van der Waals surface area contributed by atoms with Crippen LogP contribution in [0.3, 0.4) is 0 Å². The Hall–Kier alpha value is -2.28. The van der Waals surface area contributed by atoms with Crippen LogP contribution >= 0.6 is 0 Å². The van der Waals surface area contributed by atoms with Gasteiger partial charge in [-0.1, -0.05) is 26.0 Å². The first-order chi connectivity index (χ1) is 14.0. The van der Waals surface area contributed by atoms with Crippen molar-refractivity contribution in [2.45, 2.75) is 53.7 Å². The van der Waals surface area contributed by atoms with Crippen LogP contribution in [-0.4, -0.2) is 50.8 Å². The van der Waals surface area contributed by atoms with Gasteiger partial charge in [0, 0.05) is 26.2 Å². The Morgan fingerprint density at radius 1 is 1.10 bits per heavy atom. The molecule has 0 spiro atoms. The van der Waals surface area contributed by atoms with Crippen molar-refractivity contribution in [1.82, 2.24) is 16.0 Å². The molecular weight excluding hydrogens is 368 g/mol. The minimum atomic E-state index is -0.124. The largest absolute Gasteiger partial charge is 0.484 e. The maximum atomic E-state index is 11.5. The predicted octanol–water partition coefficient (Wildman–Crippen LogP) is 2.71. The van der Waals surface area contributed by atoms with Crippen molar-refractivity contribution in [3.05, 3.63) is 29.8 Å². The summed E-state index contributed by atoms with van der Waals surface area (Å²) in [4.78, 5) is 16.2. The van der Waals surface area contributed by atoms with Crippen LogP contribution in [0.15, 0.2) is 29.3 Å². The number of aliphatic imine (C=N–C) groups is 1. The summed E-state index contributed by atoms with van der Waals surface area (Å²) in [6.07, 6.45) is 1.17. The fourth-order valence-electron chi connectivity index (χ4n) is 2.80. The van der Waals surface area contributed by atoms with E-state index in [0.717, 1.165) is 37.6 Å². The molecule has 164 valence electrons. The highest BCUT2D eigenvalue weighted by Crippen LogP contribution is 2.14. The molecule has 0 heterocycles. The second-order valence-electron chi connectivity index (χ2n) is 7.04. The van der Waals surface area contributed by atoms with E-state index in [9.17, 15) is 4.79 Å². The van der Waals surface area contributed by atoms with Crippen LogP contribution in [0.4, 0.5) is 0 Å². The summed E-state index contributed by atoms with van der Waals surface area (Å²) in [5.41, 5.74) is 1.02. The van der Waals surface area contributed by atoms with E-state index < -0.39 is 0 Å². The molecule has 29 heavy (non-hydrogen) atoms. The molecule has 1 unspecified atom stereocenters. The molecule has 0 aliphatic rings. The summed E-state index contributed by atoms with van der Waals surface area (Å²) in [7, 11) is 0. The molecular formula is C22H38N4O3. The van der Waals surface area contributed by atoms with Crippen LogP contribution in [0.2, 0.25) is 0 Å². The molecule has 7 heteroatoms. The molecule has 0 fully saturated rings. The zero-order valence-electron chi connectivity index (χ0n) is 18.6. The molecule has 1 aromatic carbocycles. The van der Waals surface area contributed by atoms with E-state index in [1.807, 2.05) is 45.0 Å². The minimum Gasteiger partial charge on any atom is -0.484 e. The van der Waals surface area contributed by atoms with Crippen LogP contribution in [0.1, 0.15) is 46.6 Å². The van der Waals surface area contributed by atoms with Gasteiger partial charge in [0.2, 0.25) is 0 Å². The van der Waals surface area contributed by atoms with E-state index in [-0.39, 0.29) is 18.6 Å². The molecule has 3 N–H and O–H groups in total. The fourth-order valence-corrected chi connectivity index (χ4v) is 2.80. The van der Waals surface area contributed by atoms with E-state index in [2.05, 4.69) is 34.8 Å². The molecule has 7 nitrogen and oxygen atoms in total. The second kappa shape index (κ2) is 14.7. The average molecular weight is 407 g/mol. The maximum absolute atomic E-state index is 11.5. The Kier molecular flexibility index (Phi) is 12.5. The van der Waals surface area contributed by atoms with Gasteiger partial charge in [0.1, 0.15) is 5.75 Å². The highest BCUT2D eigenvalue weighted by atomic mass is 16.5. The van der Waals surface area contributed by atoms with Gasteiger partial charge >= 0.3 is 0 Å². The zero-order valence-corrected chi connectivity index (χ0v) is 18.6. The van der Waals surface area contributed by atoms with Gasteiger partial charge in [0.15, 0.2) is 12.6 Å². The molecule has 0 aliphatic heterocycles. The Morgan fingerprint density at radius 3 is 2.52 bits per heavy atom. The highest BCUT2D eigenvalue weighted by Gasteiger charge is 2.13. The summed E-state index contributed by atoms with van der Waals surface area (Å²) < 4.78 is 11.3. The number of amides is 1. The highest BCUT2D eigenvalue weighted by molar-refractivity contribution is 5.79. The average Bonchev–Trinajstić information content (AvgIpc) is 2.70. The number of nitrogens with zero attached hydrogens (tertiary/aromatic N) is 1. The number of carbonyl (C=O) groups is 1. The number of hydrogen-bond donors (Lipinski definition) is 3. The molecule has 0 aliphatic carbocycles. The molecule has 1 aromatic rings. The molecule has 0 bridgehead atoms. The SMILES string of the molecule is CCNC(=O)COc1cccc(CN=C(NCC)NCCC(OCC)C(C)C)c1. The van der Waals surface area contributed by atoms with Gasteiger partial charge in [-0.15, -0.1) is 0 Å². The van der Waals surface area contributed by atoms with Crippen molar-refractivity contribution in [2.24, 2.45) is 10.9 Å². The summed E-state index contributed by atoms with van der Waals surface area (Å²) >= 11 is 0. The summed E-state index contributed by atoms with van der Waals surface area (Å²) in [6.45, 7) is 13.8. The van der Waals surface area contributed by atoms with E-state index in [1.165, 1.54) is 0 Å². The number of nitrogens with one attached hydrogen (secondary N) is 3. The van der Waals surface area contributed by atoms with Gasteiger partial charge in [-0.05, 0) is 50.8 Å². The lowest BCUT2D eigenvalue weighted by molar-refractivity contribution is -0.122. The second-order valence-corrected chi connectivity index (χ2v) is 7.04. The third kappa shape index (κ3) is 10.7. The minimum absolute atomic E-state index is 0.0155. The van der Waals surface area contributed by atoms with Crippen LogP contribution < -0.4 is 20.7 Å². The van der Waals surface area contributed by atoms with Gasteiger partial charge < -0.3 is 25.4 Å². The van der Waals surface area contributed by atoms with Gasteiger partial charge in [-0.3, -0.25) is 4.79 Å². The normalized spacial score (nSPS) is 12.6. The van der Waals surface area contributed by atoms with Crippen molar-refractivity contribution < 1.29 is 14.3 Å². The van der Waals surface area contributed by atoms with E-state index in [0.29, 0.717) is 24.8 Å². The Bertz CT molecular complexity index is 620. The van der Waals surface area contributed by atoms with E-state index >= 15 is 0 Å². The Labute approximate surface area is 175 Å². The number of ether oxygens (including phenoxy) is 2. The lowest BCUT2D eigenvalue weighted by Crippen LogP contribution is -2.39. The lowest BCUT2D eigenvalue weighted by atomic mass is 10.0. The third-order valence-corrected chi connectivity index (χ3v) is 4.25. The molecule has 0 aromatic heterocycles. The predicted molar refractivity (Wildman–Crippen MR) is 118 cm³/mol. The van der Waals surface area contributed by atoms with Crippen molar-refractivity contribution in [3.63, 3.8) is 0 Å². The van der Waals surface area contributed by atoms with Crippen molar-refractivity contribution in [3.8, 4) is 5.75 Å². The topological polar surface area (TPSA) is 84.0 Å². The monoisotopic (exact) mass is 406 g/mol. The number of rotatable bonds is 13. The smallest absolute Gasteiger partial charge is 0.257 e. The first-order valence-corrected chi connectivity index (χ1v) is 10.6. The number of carbonyl (C=O) groups excluding carboxylic acids is 1. The van der Waals surface area contributed by atoms with Gasteiger partial charge in [0.25, 0.3) is 5.91 Å². The summed E-state index contributed by atoms with van der Waals surface area (Å²) in [6, 6.07) is 7.66. The third-order valence-electron chi connectivity index (χ3n) is 4.25. The molecule has 1 amide bonds. The quantitative estimate of drug-likeness (QED) is 0.346. The summed E-state index contributed by atoms with van der Waals surface area (Å²) in [5.74, 6) is 1.80. The van der Waals surface area contributed by atoms with Crippen molar-refractivity contribution in [1.29, 1.82) is 0 Å². The zero-order chi connectivity index (χ0) is 21.5. The van der Waals surface area contributed by atoms with Gasteiger partial charge in [0.05, 0.1) is 12.6 Å². The number of hydrogen-bond acceptors (Lipinski definition) is 4. The molecule has 1 atom stereocenters. The Balaban J connectivity index is 2.59. The standard InChI is InChI=1S/C22H38N4O3/c1-6-23-21(27)16-29-19-11-9-10-18(14-19)15-26-22(24-7-2)25-13-12-20(17(4)5)28-8-3/h9-11,14,17,20H,6-8,12-13,15-16H2,1-5H3,(H,23,27)(H2,24,25,26). The lowest BCUT2D eigenvalue weighted by Gasteiger charge is -2.21. The number of guanidine groups is 1. The first kappa shape index (κ1) is 24.8. The van der Waals surface area contributed by atoms with E-state index in [1.54, 1.807) is 0 Å². The molecule has 0 saturated carbocycles. The molecule has 0 radical (unpaired) electrons. The van der Waals surface area contributed by atoms with Crippen molar-refractivity contribution >= 4 is 11.9 Å². The fraction of sp³-hybridized carbons (Fsp3) is 0.636. The van der Waals surface area contributed by atoms with Crippen LogP contribution in [-0.2, 0) is 16.1 Å². The summed E-state index contributed by atoms with van der Waals surface area (Å²) in [5, 5.41) is 9.36. The van der Waals surface area contributed by atoms with Crippen LogP contribution in [0, 0.1) is 5.92 Å². The first-order valence-electron chi connectivity index (χ1n) is 10.6.